The second kappa shape index (κ2) is 10.9. The number of aromatic nitrogens is 4. The van der Waals surface area contributed by atoms with Crippen LogP contribution in [-0.4, -0.2) is 45.5 Å². The second-order valence-electron chi connectivity index (χ2n) is 8.84. The zero-order chi connectivity index (χ0) is 24.7. The van der Waals surface area contributed by atoms with E-state index in [1.54, 1.807) is 6.07 Å². The topological polar surface area (TPSA) is 93.0 Å². The zero-order valence-corrected chi connectivity index (χ0v) is 20.0. The van der Waals surface area contributed by atoms with Crippen LogP contribution in [-0.2, 0) is 11.3 Å². The molecule has 1 aliphatic rings. The molecule has 2 aromatic carbocycles. The summed E-state index contributed by atoms with van der Waals surface area (Å²) in [7, 11) is 0. The van der Waals surface area contributed by atoms with Crippen molar-refractivity contribution in [2.24, 2.45) is 5.92 Å². The van der Waals surface area contributed by atoms with E-state index in [9.17, 15) is 9.59 Å². The summed E-state index contributed by atoms with van der Waals surface area (Å²) in [6.45, 7) is 2.18. The van der Waals surface area contributed by atoms with E-state index in [-0.39, 0.29) is 17.4 Å². The molecular formula is C28H28N6O2. The highest BCUT2D eigenvalue weighted by molar-refractivity contribution is 5.79. The van der Waals surface area contributed by atoms with Crippen LogP contribution in [0.1, 0.15) is 12.8 Å². The lowest BCUT2D eigenvalue weighted by Crippen LogP contribution is -2.42. The van der Waals surface area contributed by atoms with E-state index in [4.69, 9.17) is 0 Å². The fraction of sp³-hybridized carbons (Fsp3) is 0.250. The van der Waals surface area contributed by atoms with Gasteiger partial charge in [0.05, 0.1) is 17.9 Å². The molecule has 8 nitrogen and oxygen atoms in total. The third-order valence-corrected chi connectivity index (χ3v) is 6.47. The first-order valence-corrected chi connectivity index (χ1v) is 12.2. The number of carbonyl (C=O) groups is 1. The first-order valence-electron chi connectivity index (χ1n) is 12.2. The Balaban J connectivity index is 1.11. The number of rotatable bonds is 7. The summed E-state index contributed by atoms with van der Waals surface area (Å²) in [5.74, 6) is 0.794. The molecule has 0 aliphatic carbocycles. The highest BCUT2D eigenvalue weighted by Gasteiger charge is 2.25. The maximum atomic E-state index is 12.7. The number of carbonyl (C=O) groups excluding carboxylic acids is 1. The Morgan fingerprint density at radius 1 is 0.806 bits per heavy atom. The Labute approximate surface area is 209 Å². The fourth-order valence-corrected chi connectivity index (χ4v) is 4.43. The molecule has 8 heteroatoms. The molecular weight excluding hydrogens is 452 g/mol. The van der Waals surface area contributed by atoms with E-state index in [0.717, 1.165) is 54.3 Å². The predicted octanol–water partition coefficient (Wildman–Crippen LogP) is 3.40. The molecule has 0 bridgehead atoms. The Kier molecular flexibility index (Phi) is 7.12. The van der Waals surface area contributed by atoms with Gasteiger partial charge in [-0.3, -0.25) is 9.59 Å². The van der Waals surface area contributed by atoms with Gasteiger partial charge in [0, 0.05) is 42.7 Å². The standard InChI is InChI=1S/C28H28N6O2/c35-27-14-12-25(22-9-5-2-6-10-22)32-34(27)20-17-29-28(36)23-15-18-33(19-16-23)26-13-11-24(30-31-26)21-7-3-1-4-8-21/h1-14,23H,15-20H2,(H,29,36). The number of anilines is 1. The number of amides is 1. The van der Waals surface area contributed by atoms with Gasteiger partial charge in [-0.25, -0.2) is 4.68 Å². The lowest BCUT2D eigenvalue weighted by atomic mass is 9.96. The van der Waals surface area contributed by atoms with Gasteiger partial charge in [-0.2, -0.15) is 5.10 Å². The first-order chi connectivity index (χ1) is 17.7. The molecule has 0 spiro atoms. The summed E-state index contributed by atoms with van der Waals surface area (Å²) in [6, 6.07) is 26.9. The number of nitrogens with zero attached hydrogens (tertiary/aromatic N) is 5. The Morgan fingerprint density at radius 2 is 1.44 bits per heavy atom. The van der Waals surface area contributed by atoms with Crippen molar-refractivity contribution in [3.8, 4) is 22.5 Å². The molecule has 1 fully saturated rings. The molecule has 2 aromatic heterocycles. The molecule has 36 heavy (non-hydrogen) atoms. The van der Waals surface area contributed by atoms with Crippen molar-refractivity contribution >= 4 is 11.7 Å². The molecule has 1 N–H and O–H groups in total. The summed E-state index contributed by atoms with van der Waals surface area (Å²) >= 11 is 0. The average molecular weight is 481 g/mol. The summed E-state index contributed by atoms with van der Waals surface area (Å²) in [5.41, 5.74) is 3.37. The van der Waals surface area contributed by atoms with Crippen molar-refractivity contribution in [2.45, 2.75) is 19.4 Å². The van der Waals surface area contributed by atoms with E-state index in [2.05, 4.69) is 25.5 Å². The molecule has 5 rings (SSSR count). The third kappa shape index (κ3) is 5.49. The van der Waals surface area contributed by atoms with Crippen LogP contribution in [0.5, 0.6) is 0 Å². The minimum Gasteiger partial charge on any atom is -0.355 e. The van der Waals surface area contributed by atoms with E-state index in [1.165, 1.54) is 10.7 Å². The van der Waals surface area contributed by atoms with Gasteiger partial charge in [0.25, 0.3) is 5.56 Å². The first kappa shape index (κ1) is 23.4. The number of hydrogen-bond acceptors (Lipinski definition) is 6. The van der Waals surface area contributed by atoms with Crippen LogP contribution in [0.25, 0.3) is 22.5 Å². The summed E-state index contributed by atoms with van der Waals surface area (Å²) in [4.78, 5) is 27.1. The maximum absolute atomic E-state index is 12.7. The minimum atomic E-state index is -0.184. The third-order valence-electron chi connectivity index (χ3n) is 6.47. The van der Waals surface area contributed by atoms with Crippen LogP contribution in [0, 0.1) is 5.92 Å². The minimum absolute atomic E-state index is 0.0208. The highest BCUT2D eigenvalue weighted by Crippen LogP contribution is 2.23. The number of hydrogen-bond donors (Lipinski definition) is 1. The van der Waals surface area contributed by atoms with E-state index in [0.29, 0.717) is 13.1 Å². The molecule has 1 aliphatic heterocycles. The molecule has 0 radical (unpaired) electrons. The number of piperidine rings is 1. The molecule has 3 heterocycles. The number of benzene rings is 2. The van der Waals surface area contributed by atoms with Crippen LogP contribution in [0.3, 0.4) is 0 Å². The SMILES string of the molecule is O=C(NCCn1nc(-c2ccccc2)ccc1=O)C1CCN(c2ccc(-c3ccccc3)nn2)CC1. The average Bonchev–Trinajstić information content (AvgIpc) is 2.95. The summed E-state index contributed by atoms with van der Waals surface area (Å²) in [6.07, 6.45) is 1.49. The monoisotopic (exact) mass is 480 g/mol. The van der Waals surface area contributed by atoms with Gasteiger partial charge < -0.3 is 10.2 Å². The molecule has 0 saturated carbocycles. The quantitative estimate of drug-likeness (QED) is 0.436. The number of nitrogens with one attached hydrogen (secondary N) is 1. The van der Waals surface area contributed by atoms with Crippen LogP contribution in [0.4, 0.5) is 5.82 Å². The van der Waals surface area contributed by atoms with Crippen molar-refractivity contribution in [1.29, 1.82) is 0 Å². The van der Waals surface area contributed by atoms with Gasteiger partial charge in [0.1, 0.15) is 0 Å². The van der Waals surface area contributed by atoms with Gasteiger partial charge in [-0.15, -0.1) is 10.2 Å². The Morgan fingerprint density at radius 3 is 2.08 bits per heavy atom. The van der Waals surface area contributed by atoms with Crippen LogP contribution < -0.4 is 15.8 Å². The van der Waals surface area contributed by atoms with Gasteiger partial charge in [0.2, 0.25) is 5.91 Å². The van der Waals surface area contributed by atoms with Crippen LogP contribution in [0.2, 0.25) is 0 Å². The predicted molar refractivity (Wildman–Crippen MR) is 139 cm³/mol. The summed E-state index contributed by atoms with van der Waals surface area (Å²) in [5, 5.41) is 16.2. The second-order valence-corrected chi connectivity index (χ2v) is 8.84. The molecule has 182 valence electrons. The van der Waals surface area contributed by atoms with Crippen molar-refractivity contribution in [2.75, 3.05) is 24.5 Å². The van der Waals surface area contributed by atoms with Crippen molar-refractivity contribution in [1.82, 2.24) is 25.3 Å². The Hall–Kier alpha value is -4.33. The summed E-state index contributed by atoms with van der Waals surface area (Å²) < 4.78 is 1.41. The van der Waals surface area contributed by atoms with Crippen LogP contribution >= 0.6 is 0 Å². The lowest BCUT2D eigenvalue weighted by Gasteiger charge is -2.31. The fourth-order valence-electron chi connectivity index (χ4n) is 4.43. The Bertz CT molecular complexity index is 1350. The molecule has 0 atom stereocenters. The van der Waals surface area contributed by atoms with Gasteiger partial charge in [-0.05, 0) is 31.0 Å². The van der Waals surface area contributed by atoms with Gasteiger partial charge >= 0.3 is 0 Å². The molecule has 4 aromatic rings. The largest absolute Gasteiger partial charge is 0.355 e. The lowest BCUT2D eigenvalue weighted by molar-refractivity contribution is -0.125. The van der Waals surface area contributed by atoms with Crippen molar-refractivity contribution < 1.29 is 4.79 Å². The smallest absolute Gasteiger partial charge is 0.266 e. The van der Waals surface area contributed by atoms with E-state index < -0.39 is 0 Å². The van der Waals surface area contributed by atoms with Crippen molar-refractivity contribution in [3.63, 3.8) is 0 Å². The van der Waals surface area contributed by atoms with Crippen LogP contribution in [0.15, 0.2) is 89.7 Å². The van der Waals surface area contributed by atoms with E-state index >= 15 is 0 Å². The molecule has 1 amide bonds. The highest BCUT2D eigenvalue weighted by atomic mass is 16.2. The maximum Gasteiger partial charge on any atom is 0.266 e. The molecule has 1 saturated heterocycles. The van der Waals surface area contributed by atoms with Gasteiger partial charge in [-0.1, -0.05) is 60.7 Å². The van der Waals surface area contributed by atoms with Crippen molar-refractivity contribution in [3.05, 3.63) is 95.3 Å². The van der Waals surface area contributed by atoms with Gasteiger partial charge in [0.15, 0.2) is 5.82 Å². The van der Waals surface area contributed by atoms with E-state index in [1.807, 2.05) is 72.8 Å². The normalized spacial score (nSPS) is 13.9. The zero-order valence-electron chi connectivity index (χ0n) is 20.0. The molecule has 0 unspecified atom stereocenters.